The number of fused-ring (bicyclic) bond motifs is 1. The van der Waals surface area contributed by atoms with Crippen LogP contribution in [0.1, 0.15) is 5.69 Å². The monoisotopic (exact) mass is 229 g/mol. The molecule has 3 heterocycles. The van der Waals surface area contributed by atoms with Crippen LogP contribution in [-0.2, 0) is 11.2 Å². The van der Waals surface area contributed by atoms with Crippen LogP contribution in [0.5, 0.6) is 0 Å². The fraction of sp³-hybridized carbons (Fsp3) is 0.167. The van der Waals surface area contributed by atoms with E-state index in [1.54, 1.807) is 12.5 Å². The van der Waals surface area contributed by atoms with Gasteiger partial charge < -0.3 is 15.1 Å². The number of nitrogens with zero attached hydrogens (tertiary/aromatic N) is 1. The minimum atomic E-state index is -0.310. The highest BCUT2D eigenvalue weighted by Crippen LogP contribution is 2.28. The van der Waals surface area contributed by atoms with Crippen molar-refractivity contribution in [3.8, 4) is 0 Å². The number of hydrogen-bond donors (Lipinski definition) is 2. The van der Waals surface area contributed by atoms with Gasteiger partial charge in [-0.05, 0) is 12.1 Å². The molecule has 0 saturated heterocycles. The van der Waals surface area contributed by atoms with Crippen molar-refractivity contribution in [2.45, 2.75) is 12.5 Å². The van der Waals surface area contributed by atoms with Crippen LogP contribution in [0.3, 0.4) is 0 Å². The van der Waals surface area contributed by atoms with Crippen LogP contribution in [-0.4, -0.2) is 16.9 Å². The van der Waals surface area contributed by atoms with Crippen LogP contribution in [0.25, 0.3) is 0 Å². The molecule has 17 heavy (non-hydrogen) atoms. The quantitative estimate of drug-likeness (QED) is 0.821. The first-order chi connectivity index (χ1) is 8.33. The third-order valence-electron chi connectivity index (χ3n) is 2.71. The summed E-state index contributed by atoms with van der Waals surface area (Å²) in [6.45, 7) is 0. The van der Waals surface area contributed by atoms with E-state index >= 15 is 0 Å². The first kappa shape index (κ1) is 9.89. The number of hydrogen-bond acceptors (Lipinski definition) is 4. The average molecular weight is 229 g/mol. The molecular weight excluding hydrogens is 218 g/mol. The first-order valence-corrected chi connectivity index (χ1v) is 5.36. The van der Waals surface area contributed by atoms with E-state index in [2.05, 4.69) is 15.6 Å². The van der Waals surface area contributed by atoms with Crippen LogP contribution >= 0.6 is 0 Å². The Morgan fingerprint density at radius 1 is 1.29 bits per heavy atom. The van der Waals surface area contributed by atoms with Crippen LogP contribution in [0.4, 0.5) is 11.4 Å². The Morgan fingerprint density at radius 3 is 3.00 bits per heavy atom. The molecule has 0 saturated carbocycles. The molecule has 1 aliphatic rings. The summed E-state index contributed by atoms with van der Waals surface area (Å²) in [5, 5.41) is 5.92. The molecule has 2 aromatic heterocycles. The van der Waals surface area contributed by atoms with Crippen LogP contribution in [0, 0.1) is 0 Å². The molecule has 2 N–H and O–H groups in total. The van der Waals surface area contributed by atoms with Crippen molar-refractivity contribution in [1.29, 1.82) is 0 Å². The summed E-state index contributed by atoms with van der Waals surface area (Å²) in [6, 6.07) is 5.35. The second kappa shape index (κ2) is 3.93. The number of pyridine rings is 1. The van der Waals surface area contributed by atoms with Crippen LogP contribution < -0.4 is 10.6 Å². The first-order valence-electron chi connectivity index (χ1n) is 5.36. The van der Waals surface area contributed by atoms with Crippen LogP contribution in [0.2, 0.25) is 0 Å². The lowest BCUT2D eigenvalue weighted by molar-refractivity contribution is -0.117. The lowest BCUT2D eigenvalue weighted by atomic mass is 10.1. The average Bonchev–Trinajstić information content (AvgIpc) is 2.78. The van der Waals surface area contributed by atoms with Gasteiger partial charge in [-0.3, -0.25) is 9.78 Å². The van der Waals surface area contributed by atoms with Crippen molar-refractivity contribution < 1.29 is 9.21 Å². The Kier molecular flexibility index (Phi) is 2.29. The molecule has 0 fully saturated rings. The van der Waals surface area contributed by atoms with E-state index in [1.165, 1.54) is 6.26 Å². The van der Waals surface area contributed by atoms with E-state index < -0.39 is 0 Å². The maximum absolute atomic E-state index is 11.8. The van der Waals surface area contributed by atoms with Gasteiger partial charge in [-0.15, -0.1) is 0 Å². The lowest BCUT2D eigenvalue weighted by Crippen LogP contribution is -2.40. The minimum absolute atomic E-state index is 0.0652. The predicted molar refractivity (Wildman–Crippen MR) is 62.7 cm³/mol. The molecule has 0 aliphatic carbocycles. The predicted octanol–water partition coefficient (Wildman–Crippen LogP) is 1.65. The summed E-state index contributed by atoms with van der Waals surface area (Å²) in [4.78, 5) is 16.0. The number of carbonyl (C=O) groups is 1. The van der Waals surface area contributed by atoms with Crippen molar-refractivity contribution in [2.75, 3.05) is 10.6 Å². The van der Waals surface area contributed by atoms with Crippen LogP contribution in [0.15, 0.2) is 41.3 Å². The number of carbonyl (C=O) groups excluding carboxylic acids is 1. The third kappa shape index (κ3) is 1.87. The Labute approximate surface area is 97.9 Å². The second-order valence-electron chi connectivity index (χ2n) is 3.91. The molecule has 0 aromatic carbocycles. The van der Waals surface area contributed by atoms with E-state index in [9.17, 15) is 4.79 Å². The van der Waals surface area contributed by atoms with E-state index in [0.29, 0.717) is 12.1 Å². The molecule has 0 spiro atoms. The highest BCUT2D eigenvalue weighted by atomic mass is 16.3. The van der Waals surface area contributed by atoms with Crippen molar-refractivity contribution in [1.82, 2.24) is 4.98 Å². The van der Waals surface area contributed by atoms with Gasteiger partial charge >= 0.3 is 0 Å². The van der Waals surface area contributed by atoms with Gasteiger partial charge in [0.05, 0.1) is 5.69 Å². The fourth-order valence-corrected chi connectivity index (χ4v) is 1.85. The molecule has 1 aliphatic heterocycles. The molecule has 1 atom stereocenters. The van der Waals surface area contributed by atoms with Crippen molar-refractivity contribution in [3.05, 3.63) is 42.6 Å². The zero-order chi connectivity index (χ0) is 11.7. The largest absolute Gasteiger partial charge is 0.468 e. The number of amides is 1. The maximum Gasteiger partial charge on any atom is 0.247 e. The number of furan rings is 1. The van der Waals surface area contributed by atoms with Gasteiger partial charge in [0.1, 0.15) is 24.3 Å². The summed E-state index contributed by atoms with van der Waals surface area (Å²) >= 11 is 0. The van der Waals surface area contributed by atoms with E-state index in [4.69, 9.17) is 4.42 Å². The van der Waals surface area contributed by atoms with E-state index in [1.807, 2.05) is 18.2 Å². The standard InChI is InChI=1S/C12H11N3O2/c16-12-9(5-8-3-1-2-4-13-8)14-10-6-17-7-11(10)15-12/h1-4,6-7,9,14H,5H2,(H,15,16). The van der Waals surface area contributed by atoms with Gasteiger partial charge in [-0.2, -0.15) is 0 Å². The lowest BCUT2D eigenvalue weighted by Gasteiger charge is -2.23. The van der Waals surface area contributed by atoms with Gasteiger partial charge in [0.15, 0.2) is 0 Å². The van der Waals surface area contributed by atoms with E-state index in [0.717, 1.165) is 11.4 Å². The number of aromatic nitrogens is 1. The molecule has 0 bridgehead atoms. The highest BCUT2D eigenvalue weighted by molar-refractivity contribution is 6.02. The molecule has 5 nitrogen and oxygen atoms in total. The Bertz CT molecular complexity index is 536. The molecule has 0 radical (unpaired) electrons. The Balaban J connectivity index is 1.79. The SMILES string of the molecule is O=C1Nc2cocc2NC1Cc1ccccn1. The molecular formula is C12H11N3O2. The topological polar surface area (TPSA) is 67.2 Å². The molecule has 5 heteroatoms. The molecule has 1 unspecified atom stereocenters. The zero-order valence-corrected chi connectivity index (χ0v) is 9.01. The number of rotatable bonds is 2. The summed E-state index contributed by atoms with van der Waals surface area (Å²) in [6.07, 6.45) is 5.37. The van der Waals surface area contributed by atoms with E-state index in [-0.39, 0.29) is 11.9 Å². The third-order valence-corrected chi connectivity index (χ3v) is 2.71. The number of nitrogens with one attached hydrogen (secondary N) is 2. The summed E-state index contributed by atoms with van der Waals surface area (Å²) in [5.74, 6) is -0.0652. The molecule has 86 valence electrons. The van der Waals surface area contributed by atoms with Gasteiger partial charge in [0.25, 0.3) is 0 Å². The number of anilines is 2. The Morgan fingerprint density at radius 2 is 2.18 bits per heavy atom. The molecule has 1 amide bonds. The summed E-state index contributed by atoms with van der Waals surface area (Å²) in [7, 11) is 0. The van der Waals surface area contributed by atoms with Gasteiger partial charge in [-0.25, -0.2) is 0 Å². The van der Waals surface area contributed by atoms with Gasteiger partial charge in [-0.1, -0.05) is 6.07 Å². The zero-order valence-electron chi connectivity index (χ0n) is 9.01. The van der Waals surface area contributed by atoms with Crippen molar-refractivity contribution >= 4 is 17.3 Å². The fourth-order valence-electron chi connectivity index (χ4n) is 1.85. The molecule has 3 rings (SSSR count). The highest BCUT2D eigenvalue weighted by Gasteiger charge is 2.26. The second-order valence-corrected chi connectivity index (χ2v) is 3.91. The minimum Gasteiger partial charge on any atom is -0.468 e. The normalized spacial score (nSPS) is 18.1. The maximum atomic E-state index is 11.8. The molecule has 2 aromatic rings. The van der Waals surface area contributed by atoms with Gasteiger partial charge in [0.2, 0.25) is 5.91 Å². The summed E-state index contributed by atoms with van der Waals surface area (Å²) in [5.41, 5.74) is 2.38. The summed E-state index contributed by atoms with van der Waals surface area (Å²) < 4.78 is 5.02. The van der Waals surface area contributed by atoms with Gasteiger partial charge in [0, 0.05) is 18.3 Å². The van der Waals surface area contributed by atoms with Crippen molar-refractivity contribution in [2.24, 2.45) is 0 Å². The van der Waals surface area contributed by atoms with Crippen molar-refractivity contribution in [3.63, 3.8) is 0 Å². The smallest absolute Gasteiger partial charge is 0.247 e. The Hall–Kier alpha value is -2.30.